The summed E-state index contributed by atoms with van der Waals surface area (Å²) in [5.41, 5.74) is 3.64. The normalized spacial score (nSPS) is 10.8. The van der Waals surface area contributed by atoms with Crippen LogP contribution in [0.25, 0.3) is 32.9 Å². The van der Waals surface area contributed by atoms with Crippen molar-refractivity contribution in [3.05, 3.63) is 83.6 Å². The van der Waals surface area contributed by atoms with Crippen molar-refractivity contribution in [3.63, 3.8) is 0 Å². The molecule has 0 saturated carbocycles. The van der Waals surface area contributed by atoms with Gasteiger partial charge >= 0.3 is 0 Å². The van der Waals surface area contributed by atoms with Crippen LogP contribution in [0.3, 0.4) is 0 Å². The minimum absolute atomic E-state index is 1.18. The van der Waals surface area contributed by atoms with Crippen LogP contribution in [-0.4, -0.2) is 4.57 Å². The zero-order valence-electron chi connectivity index (χ0n) is 12.5. The van der Waals surface area contributed by atoms with Crippen molar-refractivity contribution >= 4 is 28.7 Å². The Morgan fingerprint density at radius 1 is 0.783 bits per heavy atom. The zero-order chi connectivity index (χ0) is 15.6. The molecule has 4 aromatic rings. The van der Waals surface area contributed by atoms with Crippen LogP contribution in [0.5, 0.6) is 0 Å². The Morgan fingerprint density at radius 2 is 1.57 bits per heavy atom. The van der Waals surface area contributed by atoms with E-state index in [1.54, 1.807) is 22.7 Å². The van der Waals surface area contributed by atoms with Gasteiger partial charge in [-0.05, 0) is 47.8 Å². The smallest absolute Gasteiger partial charge is 0.0635 e. The van der Waals surface area contributed by atoms with Gasteiger partial charge in [-0.15, -0.1) is 22.7 Å². The van der Waals surface area contributed by atoms with Gasteiger partial charge in [-0.3, -0.25) is 0 Å². The number of thiophene rings is 2. The highest BCUT2D eigenvalue weighted by molar-refractivity contribution is 7.16. The first-order chi connectivity index (χ1) is 11.4. The van der Waals surface area contributed by atoms with Crippen LogP contribution in [0.2, 0.25) is 0 Å². The largest absolute Gasteiger partial charge is 0.308 e. The summed E-state index contributed by atoms with van der Waals surface area (Å²) >= 11 is 3.54. The molecular weight excluding hydrogens is 318 g/mol. The van der Waals surface area contributed by atoms with Crippen molar-refractivity contribution in [1.82, 2.24) is 4.57 Å². The summed E-state index contributed by atoms with van der Waals surface area (Å²) in [7, 11) is 0. The molecule has 1 aromatic carbocycles. The summed E-state index contributed by atoms with van der Waals surface area (Å²) in [6, 6.07) is 23.5. The first-order valence-corrected chi connectivity index (χ1v) is 9.10. The topological polar surface area (TPSA) is 4.93 Å². The molecule has 112 valence electrons. The molecule has 4 rings (SSSR count). The summed E-state index contributed by atoms with van der Waals surface area (Å²) in [6.45, 7) is 3.87. The third-order valence-electron chi connectivity index (χ3n) is 3.75. The second-order valence-electron chi connectivity index (χ2n) is 5.16. The number of para-hydroxylation sites is 1. The van der Waals surface area contributed by atoms with E-state index in [0.29, 0.717) is 0 Å². The first-order valence-electron chi connectivity index (χ1n) is 7.40. The first kappa shape index (κ1) is 14.2. The average Bonchev–Trinajstić information content (AvgIpc) is 3.33. The van der Waals surface area contributed by atoms with Crippen LogP contribution in [0.1, 0.15) is 4.88 Å². The molecule has 23 heavy (non-hydrogen) atoms. The van der Waals surface area contributed by atoms with Gasteiger partial charge in [0.15, 0.2) is 0 Å². The van der Waals surface area contributed by atoms with Crippen molar-refractivity contribution in [3.8, 4) is 26.8 Å². The molecule has 0 saturated heterocycles. The third kappa shape index (κ3) is 2.58. The van der Waals surface area contributed by atoms with Crippen LogP contribution in [0.15, 0.2) is 78.7 Å². The lowest BCUT2D eigenvalue weighted by Gasteiger charge is -2.12. The summed E-state index contributed by atoms with van der Waals surface area (Å²) in [5, 5.41) is 2.12. The van der Waals surface area contributed by atoms with Gasteiger partial charge in [-0.1, -0.05) is 36.9 Å². The molecule has 0 bridgehead atoms. The Hall–Kier alpha value is -2.36. The standard InChI is InChI=1S/C20H15NS2/c1-2-16-10-13-20(23-16)18-12-11-17(19-9-6-14-22-19)21(18)15-7-4-3-5-8-15/h2-14H,1H2. The molecule has 0 atom stereocenters. The Morgan fingerprint density at radius 3 is 2.22 bits per heavy atom. The van der Waals surface area contributed by atoms with Gasteiger partial charge in [0.25, 0.3) is 0 Å². The van der Waals surface area contributed by atoms with E-state index in [9.17, 15) is 0 Å². The summed E-state index contributed by atoms with van der Waals surface area (Å²) in [6.07, 6.45) is 1.91. The minimum Gasteiger partial charge on any atom is -0.308 e. The number of hydrogen-bond acceptors (Lipinski definition) is 2. The maximum absolute atomic E-state index is 3.87. The summed E-state index contributed by atoms with van der Waals surface area (Å²) in [4.78, 5) is 3.73. The van der Waals surface area contributed by atoms with Crippen LogP contribution in [0, 0.1) is 0 Å². The average molecular weight is 333 g/mol. The molecule has 3 aromatic heterocycles. The highest BCUT2D eigenvalue weighted by Crippen LogP contribution is 2.37. The van der Waals surface area contributed by atoms with Gasteiger partial charge in [0.05, 0.1) is 21.1 Å². The van der Waals surface area contributed by atoms with Crippen molar-refractivity contribution in [2.24, 2.45) is 0 Å². The molecular formula is C20H15NS2. The number of benzene rings is 1. The number of rotatable bonds is 4. The van der Waals surface area contributed by atoms with Gasteiger partial charge < -0.3 is 4.57 Å². The molecule has 0 N–H and O–H groups in total. The predicted octanol–water partition coefficient (Wildman–Crippen LogP) is 6.58. The molecule has 1 nitrogen and oxygen atoms in total. The van der Waals surface area contributed by atoms with E-state index in [2.05, 4.69) is 83.3 Å². The highest BCUT2D eigenvalue weighted by atomic mass is 32.1. The van der Waals surface area contributed by atoms with Crippen LogP contribution in [0.4, 0.5) is 0 Å². The maximum Gasteiger partial charge on any atom is 0.0635 e. The molecule has 0 unspecified atom stereocenters. The van der Waals surface area contributed by atoms with E-state index in [1.165, 1.54) is 31.7 Å². The van der Waals surface area contributed by atoms with Gasteiger partial charge in [0.2, 0.25) is 0 Å². The van der Waals surface area contributed by atoms with Crippen molar-refractivity contribution in [1.29, 1.82) is 0 Å². The predicted molar refractivity (Wildman–Crippen MR) is 102 cm³/mol. The Balaban J connectivity index is 1.95. The lowest BCUT2D eigenvalue weighted by molar-refractivity contribution is 1.10. The maximum atomic E-state index is 3.87. The molecule has 3 heteroatoms. The second-order valence-corrected chi connectivity index (χ2v) is 7.22. The van der Waals surface area contributed by atoms with Gasteiger partial charge in [-0.25, -0.2) is 0 Å². The summed E-state index contributed by atoms with van der Waals surface area (Å²) in [5.74, 6) is 0. The molecule has 0 aliphatic rings. The molecule has 3 heterocycles. The molecule has 0 aliphatic heterocycles. The molecule has 0 amide bonds. The van der Waals surface area contributed by atoms with E-state index in [1.807, 2.05) is 6.08 Å². The Labute approximate surface area is 143 Å². The van der Waals surface area contributed by atoms with E-state index in [-0.39, 0.29) is 0 Å². The van der Waals surface area contributed by atoms with Crippen molar-refractivity contribution in [2.75, 3.05) is 0 Å². The molecule has 0 spiro atoms. The molecule has 0 radical (unpaired) electrons. The fourth-order valence-electron chi connectivity index (χ4n) is 2.70. The van der Waals surface area contributed by atoms with E-state index < -0.39 is 0 Å². The van der Waals surface area contributed by atoms with Crippen LogP contribution < -0.4 is 0 Å². The highest BCUT2D eigenvalue weighted by Gasteiger charge is 2.15. The van der Waals surface area contributed by atoms with Gasteiger partial charge in [-0.2, -0.15) is 0 Å². The quantitative estimate of drug-likeness (QED) is 0.397. The van der Waals surface area contributed by atoms with Gasteiger partial charge in [0.1, 0.15) is 0 Å². The van der Waals surface area contributed by atoms with E-state index in [4.69, 9.17) is 0 Å². The number of hydrogen-bond donors (Lipinski definition) is 0. The molecule has 0 aliphatic carbocycles. The number of nitrogens with zero attached hydrogens (tertiary/aromatic N) is 1. The molecule has 0 fully saturated rings. The Kier molecular flexibility index (Phi) is 3.74. The van der Waals surface area contributed by atoms with E-state index in [0.717, 1.165) is 0 Å². The third-order valence-corrected chi connectivity index (χ3v) is 5.75. The lowest BCUT2D eigenvalue weighted by Crippen LogP contribution is -1.97. The van der Waals surface area contributed by atoms with Crippen LogP contribution >= 0.6 is 22.7 Å². The second kappa shape index (κ2) is 6.03. The lowest BCUT2D eigenvalue weighted by atomic mass is 10.2. The Bertz CT molecular complexity index is 927. The fourth-order valence-corrected chi connectivity index (χ4v) is 4.32. The SMILES string of the molecule is C=Cc1ccc(-c2ccc(-c3cccs3)n2-c2ccccc2)s1. The van der Waals surface area contributed by atoms with Crippen molar-refractivity contribution < 1.29 is 0 Å². The zero-order valence-corrected chi connectivity index (χ0v) is 14.1. The summed E-state index contributed by atoms with van der Waals surface area (Å²) < 4.78 is 2.34. The minimum atomic E-state index is 1.18. The fraction of sp³-hybridized carbons (Fsp3) is 0. The van der Waals surface area contributed by atoms with Crippen LogP contribution in [-0.2, 0) is 0 Å². The number of aromatic nitrogens is 1. The van der Waals surface area contributed by atoms with Gasteiger partial charge in [0, 0.05) is 10.6 Å². The monoisotopic (exact) mass is 333 g/mol. The van der Waals surface area contributed by atoms with Crippen molar-refractivity contribution in [2.45, 2.75) is 0 Å². The van der Waals surface area contributed by atoms with E-state index >= 15 is 0 Å².